The molecule has 5 heteroatoms. The molecule has 112 valence electrons. The van der Waals surface area contributed by atoms with E-state index in [1.54, 1.807) is 12.1 Å². The molecule has 1 rings (SSSR count). The molecule has 0 aromatic heterocycles. The number of alkyl carbamates (subject to hydrolysis) is 1. The lowest BCUT2D eigenvalue weighted by molar-refractivity contribution is 0.0522. The highest BCUT2D eigenvalue weighted by Crippen LogP contribution is 2.21. The predicted octanol–water partition coefficient (Wildman–Crippen LogP) is 3.33. The Kier molecular flexibility index (Phi) is 6.30. The van der Waals surface area contributed by atoms with Crippen LogP contribution in [0.2, 0.25) is 5.02 Å². The number of aliphatic hydroxyl groups excluding tert-OH is 1. The summed E-state index contributed by atoms with van der Waals surface area (Å²) in [5.74, 6) is 0.0322. The minimum Gasteiger partial charge on any atom is -0.444 e. The van der Waals surface area contributed by atoms with Gasteiger partial charge in [-0.25, -0.2) is 4.79 Å². The molecule has 0 fully saturated rings. The number of ether oxygens (including phenoxy) is 1. The van der Waals surface area contributed by atoms with E-state index < -0.39 is 11.7 Å². The molecule has 2 N–H and O–H groups in total. The fraction of sp³-hybridized carbons (Fsp3) is 0.533. The maximum atomic E-state index is 11.6. The Bertz CT molecular complexity index is 426. The van der Waals surface area contributed by atoms with Gasteiger partial charge in [0.1, 0.15) is 5.60 Å². The van der Waals surface area contributed by atoms with Gasteiger partial charge in [0.2, 0.25) is 0 Å². The smallest absolute Gasteiger partial charge is 0.407 e. The number of hydrogen-bond donors (Lipinski definition) is 2. The molecule has 1 aromatic carbocycles. The van der Waals surface area contributed by atoms with E-state index in [0.717, 1.165) is 5.56 Å². The maximum Gasteiger partial charge on any atom is 0.407 e. The summed E-state index contributed by atoms with van der Waals surface area (Å²) >= 11 is 5.85. The van der Waals surface area contributed by atoms with Crippen molar-refractivity contribution in [3.05, 3.63) is 34.9 Å². The summed E-state index contributed by atoms with van der Waals surface area (Å²) < 4.78 is 5.19. The lowest BCUT2D eigenvalue weighted by Gasteiger charge is -2.22. The van der Waals surface area contributed by atoms with E-state index in [1.807, 2.05) is 32.9 Å². The maximum absolute atomic E-state index is 11.6. The number of benzene rings is 1. The zero-order valence-corrected chi connectivity index (χ0v) is 12.9. The van der Waals surface area contributed by atoms with Crippen molar-refractivity contribution in [3.8, 4) is 0 Å². The van der Waals surface area contributed by atoms with Gasteiger partial charge < -0.3 is 15.2 Å². The molecule has 4 nitrogen and oxygen atoms in total. The molecule has 0 aliphatic heterocycles. The van der Waals surface area contributed by atoms with Crippen molar-refractivity contribution in [2.75, 3.05) is 13.2 Å². The highest BCUT2D eigenvalue weighted by Gasteiger charge is 2.18. The third-order valence-corrected chi connectivity index (χ3v) is 2.96. The summed E-state index contributed by atoms with van der Waals surface area (Å²) in [7, 11) is 0. The van der Waals surface area contributed by atoms with Gasteiger partial charge >= 0.3 is 6.09 Å². The second kappa shape index (κ2) is 7.50. The molecular weight excluding hydrogens is 278 g/mol. The summed E-state index contributed by atoms with van der Waals surface area (Å²) in [6.07, 6.45) is 0.117. The first-order chi connectivity index (χ1) is 9.31. The molecule has 0 radical (unpaired) electrons. The average Bonchev–Trinajstić information content (AvgIpc) is 2.33. The van der Waals surface area contributed by atoms with Crippen LogP contribution in [-0.2, 0) is 4.74 Å². The predicted molar refractivity (Wildman–Crippen MR) is 80.1 cm³/mol. The molecule has 0 bridgehead atoms. The van der Waals surface area contributed by atoms with Crippen LogP contribution in [0.15, 0.2) is 24.3 Å². The zero-order valence-electron chi connectivity index (χ0n) is 12.1. The molecule has 20 heavy (non-hydrogen) atoms. The number of carbonyl (C=O) groups excluding carboxylic acids is 1. The normalized spacial score (nSPS) is 12.8. The van der Waals surface area contributed by atoms with E-state index in [-0.39, 0.29) is 12.5 Å². The SMILES string of the molecule is CC(C)(C)OC(=O)NCC(CCO)c1ccc(Cl)cc1. The van der Waals surface area contributed by atoms with Crippen molar-refractivity contribution in [1.82, 2.24) is 5.32 Å². The third-order valence-electron chi connectivity index (χ3n) is 2.71. The van der Waals surface area contributed by atoms with Crippen LogP contribution in [0.25, 0.3) is 0 Å². The first-order valence-electron chi connectivity index (χ1n) is 6.65. The number of hydrogen-bond acceptors (Lipinski definition) is 3. The Balaban J connectivity index is 2.59. The summed E-state index contributed by atoms with van der Waals surface area (Å²) in [6.45, 7) is 5.92. The standard InChI is InChI=1S/C15H22ClNO3/c1-15(2,3)20-14(19)17-10-12(8-9-18)11-4-6-13(16)7-5-11/h4-7,12,18H,8-10H2,1-3H3,(H,17,19). The van der Waals surface area contributed by atoms with Crippen LogP contribution in [0.1, 0.15) is 38.7 Å². The van der Waals surface area contributed by atoms with Gasteiger partial charge in [-0.3, -0.25) is 0 Å². The number of aliphatic hydroxyl groups is 1. The van der Waals surface area contributed by atoms with Crippen molar-refractivity contribution in [1.29, 1.82) is 0 Å². The van der Waals surface area contributed by atoms with Crippen LogP contribution in [0.4, 0.5) is 4.79 Å². The highest BCUT2D eigenvalue weighted by atomic mass is 35.5. The Morgan fingerprint density at radius 3 is 2.45 bits per heavy atom. The molecule has 0 aliphatic carbocycles. The molecule has 0 aliphatic rings. The van der Waals surface area contributed by atoms with E-state index in [2.05, 4.69) is 5.32 Å². The Labute approximate surface area is 125 Å². The van der Waals surface area contributed by atoms with E-state index >= 15 is 0 Å². The summed E-state index contributed by atoms with van der Waals surface area (Å²) in [5, 5.41) is 12.5. The number of nitrogens with one attached hydrogen (secondary N) is 1. The van der Waals surface area contributed by atoms with E-state index in [4.69, 9.17) is 21.4 Å². The first-order valence-corrected chi connectivity index (χ1v) is 7.03. The number of amides is 1. The van der Waals surface area contributed by atoms with Gasteiger partial charge in [-0.2, -0.15) is 0 Å². The molecule has 0 heterocycles. The fourth-order valence-corrected chi connectivity index (χ4v) is 1.92. The number of rotatable bonds is 5. The van der Waals surface area contributed by atoms with E-state index in [9.17, 15) is 4.79 Å². The average molecular weight is 300 g/mol. The molecule has 0 saturated heterocycles. The van der Waals surface area contributed by atoms with Crippen molar-refractivity contribution < 1.29 is 14.6 Å². The van der Waals surface area contributed by atoms with Crippen LogP contribution < -0.4 is 5.32 Å². The van der Waals surface area contributed by atoms with Gasteiger partial charge in [0.05, 0.1) is 0 Å². The minimum atomic E-state index is -0.517. The lowest BCUT2D eigenvalue weighted by atomic mass is 9.96. The van der Waals surface area contributed by atoms with Crippen LogP contribution in [0.3, 0.4) is 0 Å². The molecule has 0 spiro atoms. The fourth-order valence-electron chi connectivity index (χ4n) is 1.80. The Morgan fingerprint density at radius 2 is 1.95 bits per heavy atom. The lowest BCUT2D eigenvalue weighted by Crippen LogP contribution is -2.35. The summed E-state index contributed by atoms with van der Waals surface area (Å²) in [6, 6.07) is 7.41. The Hall–Kier alpha value is -1.26. The zero-order chi connectivity index (χ0) is 15.2. The topological polar surface area (TPSA) is 58.6 Å². The molecule has 1 unspecified atom stereocenters. The van der Waals surface area contributed by atoms with Crippen LogP contribution >= 0.6 is 11.6 Å². The molecule has 1 amide bonds. The van der Waals surface area contributed by atoms with Crippen molar-refractivity contribution in [3.63, 3.8) is 0 Å². The van der Waals surface area contributed by atoms with E-state index in [1.165, 1.54) is 0 Å². The van der Waals surface area contributed by atoms with E-state index in [0.29, 0.717) is 18.0 Å². The van der Waals surface area contributed by atoms with Crippen LogP contribution in [0.5, 0.6) is 0 Å². The van der Waals surface area contributed by atoms with Gasteiger partial charge in [0.15, 0.2) is 0 Å². The van der Waals surface area contributed by atoms with Gasteiger partial charge in [0.25, 0.3) is 0 Å². The first kappa shape index (κ1) is 16.8. The summed E-state index contributed by atoms with van der Waals surface area (Å²) in [5.41, 5.74) is 0.510. The molecule has 0 saturated carbocycles. The Morgan fingerprint density at radius 1 is 1.35 bits per heavy atom. The van der Waals surface area contributed by atoms with Crippen LogP contribution in [0, 0.1) is 0 Å². The third kappa shape index (κ3) is 6.26. The van der Waals surface area contributed by atoms with Crippen LogP contribution in [-0.4, -0.2) is 30.0 Å². The minimum absolute atomic E-state index is 0.0322. The second-order valence-corrected chi connectivity index (χ2v) is 6.08. The molecule has 1 aromatic rings. The molecule has 1 atom stereocenters. The highest BCUT2D eigenvalue weighted by molar-refractivity contribution is 6.30. The molecular formula is C15H22ClNO3. The second-order valence-electron chi connectivity index (χ2n) is 5.64. The number of carbonyl (C=O) groups is 1. The van der Waals surface area contributed by atoms with Gasteiger partial charge in [-0.05, 0) is 44.9 Å². The van der Waals surface area contributed by atoms with Gasteiger partial charge in [-0.1, -0.05) is 23.7 Å². The largest absolute Gasteiger partial charge is 0.444 e. The van der Waals surface area contributed by atoms with Crippen molar-refractivity contribution in [2.45, 2.75) is 38.7 Å². The van der Waals surface area contributed by atoms with Crippen molar-refractivity contribution >= 4 is 17.7 Å². The number of halogens is 1. The van der Waals surface area contributed by atoms with Gasteiger partial charge in [0, 0.05) is 24.1 Å². The summed E-state index contributed by atoms with van der Waals surface area (Å²) in [4.78, 5) is 11.6. The van der Waals surface area contributed by atoms with Gasteiger partial charge in [-0.15, -0.1) is 0 Å². The van der Waals surface area contributed by atoms with Crippen molar-refractivity contribution in [2.24, 2.45) is 0 Å². The quantitative estimate of drug-likeness (QED) is 0.877. The monoisotopic (exact) mass is 299 g/mol.